The van der Waals surface area contributed by atoms with Crippen LogP contribution >= 0.6 is 0 Å². The molecular weight excluding hydrogens is 100 g/mol. The van der Waals surface area contributed by atoms with Crippen molar-refractivity contribution in [2.24, 2.45) is 5.92 Å². The highest BCUT2D eigenvalue weighted by Gasteiger charge is 2.00. The summed E-state index contributed by atoms with van der Waals surface area (Å²) in [5.74, 6) is 0.687. The second-order valence-corrected chi connectivity index (χ2v) is 2.18. The Morgan fingerprint density at radius 2 is 1.75 bits per heavy atom. The van der Waals surface area contributed by atoms with Gasteiger partial charge in [-0.2, -0.15) is 0 Å². The Morgan fingerprint density at radius 3 is 1.88 bits per heavy atom. The lowest BCUT2D eigenvalue weighted by atomic mass is 10.0. The van der Waals surface area contributed by atoms with Crippen LogP contribution < -0.4 is 0 Å². The maximum atomic E-state index is 10.1. The van der Waals surface area contributed by atoms with E-state index in [1.54, 1.807) is 0 Å². The zero-order valence-corrected chi connectivity index (χ0v) is 5.81. The summed E-state index contributed by atoms with van der Waals surface area (Å²) in [6.07, 6.45) is 3.20. The Morgan fingerprint density at radius 1 is 1.25 bits per heavy atom. The molecule has 0 amide bonds. The van der Waals surface area contributed by atoms with Gasteiger partial charge in [0.15, 0.2) is 0 Å². The van der Waals surface area contributed by atoms with Crippen molar-refractivity contribution in [2.45, 2.75) is 33.1 Å². The van der Waals surface area contributed by atoms with E-state index in [0.29, 0.717) is 5.92 Å². The van der Waals surface area contributed by atoms with E-state index < -0.39 is 0 Å². The van der Waals surface area contributed by atoms with E-state index in [1.165, 1.54) is 12.8 Å². The minimum Gasteiger partial charge on any atom is -0.237 e. The summed E-state index contributed by atoms with van der Waals surface area (Å²) < 4.78 is 0. The third kappa shape index (κ3) is 3.03. The van der Waals surface area contributed by atoms with Gasteiger partial charge in [-0.05, 0) is 12.3 Å². The van der Waals surface area contributed by atoms with Gasteiger partial charge in [-0.15, -0.1) is 0 Å². The SMILES string of the molecule is CCC(CC)CC[O]. The summed E-state index contributed by atoms with van der Waals surface area (Å²) in [5.41, 5.74) is 0. The second-order valence-electron chi connectivity index (χ2n) is 2.18. The molecule has 1 heteroatoms. The molecule has 0 unspecified atom stereocenters. The Bertz CT molecular complexity index is 39.7. The van der Waals surface area contributed by atoms with Crippen LogP contribution in [0.3, 0.4) is 0 Å². The van der Waals surface area contributed by atoms with E-state index in [-0.39, 0.29) is 6.61 Å². The normalized spacial score (nSPS) is 10.5. The fourth-order valence-corrected chi connectivity index (χ4v) is 0.864. The molecule has 0 spiro atoms. The first-order chi connectivity index (χ1) is 3.85. The molecule has 0 bridgehead atoms. The predicted octanol–water partition coefficient (Wildman–Crippen LogP) is 2.24. The van der Waals surface area contributed by atoms with Gasteiger partial charge in [0, 0.05) is 0 Å². The molecule has 0 heterocycles. The summed E-state index contributed by atoms with van der Waals surface area (Å²) in [5, 5.41) is 10.1. The largest absolute Gasteiger partial charge is 0.237 e. The maximum Gasteiger partial charge on any atom is 0.0825 e. The Hall–Kier alpha value is -0.0400. The molecule has 0 fully saturated rings. The molecule has 0 saturated heterocycles. The van der Waals surface area contributed by atoms with Crippen molar-refractivity contribution < 1.29 is 5.11 Å². The monoisotopic (exact) mass is 115 g/mol. The molecule has 0 aromatic carbocycles. The van der Waals surface area contributed by atoms with Crippen LogP contribution in [-0.2, 0) is 5.11 Å². The van der Waals surface area contributed by atoms with Crippen LogP contribution in [0, 0.1) is 5.92 Å². The van der Waals surface area contributed by atoms with Crippen LogP contribution in [0.2, 0.25) is 0 Å². The van der Waals surface area contributed by atoms with Crippen molar-refractivity contribution in [2.75, 3.05) is 6.61 Å². The molecule has 0 aliphatic carbocycles. The minimum atomic E-state index is 0.104. The van der Waals surface area contributed by atoms with E-state index in [2.05, 4.69) is 13.8 Å². The van der Waals surface area contributed by atoms with Gasteiger partial charge in [0.1, 0.15) is 0 Å². The third-order valence-electron chi connectivity index (χ3n) is 1.68. The van der Waals surface area contributed by atoms with Gasteiger partial charge < -0.3 is 0 Å². The molecule has 0 aromatic rings. The van der Waals surface area contributed by atoms with Gasteiger partial charge in [0.05, 0.1) is 6.61 Å². The van der Waals surface area contributed by atoms with Crippen LogP contribution in [-0.4, -0.2) is 6.61 Å². The average molecular weight is 115 g/mol. The number of hydrogen-bond acceptors (Lipinski definition) is 0. The summed E-state index contributed by atoms with van der Waals surface area (Å²) >= 11 is 0. The summed E-state index contributed by atoms with van der Waals surface area (Å²) in [6, 6.07) is 0. The first kappa shape index (κ1) is 7.96. The van der Waals surface area contributed by atoms with Crippen LogP contribution in [0.5, 0.6) is 0 Å². The van der Waals surface area contributed by atoms with Gasteiger partial charge in [-0.25, -0.2) is 5.11 Å². The van der Waals surface area contributed by atoms with Crippen LogP contribution in [0.4, 0.5) is 0 Å². The molecule has 0 N–H and O–H groups in total. The van der Waals surface area contributed by atoms with Crippen LogP contribution in [0.1, 0.15) is 33.1 Å². The molecule has 0 saturated carbocycles. The highest BCUT2D eigenvalue weighted by atomic mass is 16.3. The highest BCUT2D eigenvalue weighted by Crippen LogP contribution is 2.10. The fraction of sp³-hybridized carbons (Fsp3) is 1.00. The van der Waals surface area contributed by atoms with Crippen molar-refractivity contribution in [3.8, 4) is 0 Å². The van der Waals surface area contributed by atoms with E-state index in [0.717, 1.165) is 6.42 Å². The summed E-state index contributed by atoms with van der Waals surface area (Å²) in [7, 11) is 0. The first-order valence-electron chi connectivity index (χ1n) is 3.43. The Labute approximate surface area is 51.7 Å². The Balaban J connectivity index is 3.07. The molecule has 49 valence electrons. The summed E-state index contributed by atoms with van der Waals surface area (Å²) in [6.45, 7) is 4.39. The minimum absolute atomic E-state index is 0.104. The van der Waals surface area contributed by atoms with E-state index >= 15 is 0 Å². The molecule has 1 radical (unpaired) electrons. The molecule has 1 nitrogen and oxygen atoms in total. The fourth-order valence-electron chi connectivity index (χ4n) is 0.864. The number of hydrogen-bond donors (Lipinski definition) is 0. The zero-order valence-electron chi connectivity index (χ0n) is 5.81. The lowest BCUT2D eigenvalue weighted by Gasteiger charge is -2.07. The van der Waals surface area contributed by atoms with Crippen molar-refractivity contribution in [3.63, 3.8) is 0 Å². The van der Waals surface area contributed by atoms with Crippen LogP contribution in [0.15, 0.2) is 0 Å². The average Bonchev–Trinajstić information content (AvgIpc) is 1.83. The summed E-state index contributed by atoms with van der Waals surface area (Å²) in [4.78, 5) is 0. The molecule has 0 atom stereocenters. The highest BCUT2D eigenvalue weighted by molar-refractivity contribution is 4.51. The Kier molecular flexibility index (Phi) is 5.08. The molecule has 8 heavy (non-hydrogen) atoms. The molecule has 0 aliphatic heterocycles. The van der Waals surface area contributed by atoms with Crippen molar-refractivity contribution >= 4 is 0 Å². The standard InChI is InChI=1S/C7H15O/c1-3-7(4-2)5-6-8/h7H,3-6H2,1-2H3. The van der Waals surface area contributed by atoms with Gasteiger partial charge in [-0.3, -0.25) is 0 Å². The molecule has 0 rings (SSSR count). The van der Waals surface area contributed by atoms with E-state index in [1.807, 2.05) is 0 Å². The predicted molar refractivity (Wildman–Crippen MR) is 34.2 cm³/mol. The van der Waals surface area contributed by atoms with Gasteiger partial charge in [0.2, 0.25) is 0 Å². The van der Waals surface area contributed by atoms with Gasteiger partial charge in [-0.1, -0.05) is 26.7 Å². The van der Waals surface area contributed by atoms with Crippen molar-refractivity contribution in [1.29, 1.82) is 0 Å². The zero-order chi connectivity index (χ0) is 6.41. The van der Waals surface area contributed by atoms with Gasteiger partial charge >= 0.3 is 0 Å². The van der Waals surface area contributed by atoms with Crippen LogP contribution in [0.25, 0.3) is 0 Å². The maximum absolute atomic E-state index is 10.1. The molecule has 0 aromatic heterocycles. The van der Waals surface area contributed by atoms with E-state index in [4.69, 9.17) is 0 Å². The van der Waals surface area contributed by atoms with Crippen molar-refractivity contribution in [1.82, 2.24) is 0 Å². The quantitative estimate of drug-likeness (QED) is 0.535. The van der Waals surface area contributed by atoms with Gasteiger partial charge in [0.25, 0.3) is 0 Å². The first-order valence-corrected chi connectivity index (χ1v) is 3.43. The lowest BCUT2D eigenvalue weighted by Crippen LogP contribution is -1.98. The van der Waals surface area contributed by atoms with Crippen molar-refractivity contribution in [3.05, 3.63) is 0 Å². The van der Waals surface area contributed by atoms with E-state index in [9.17, 15) is 5.11 Å². The topological polar surface area (TPSA) is 19.9 Å². The lowest BCUT2D eigenvalue weighted by molar-refractivity contribution is 0.168. The molecule has 0 aliphatic rings. The molecular formula is C7H15O. The smallest absolute Gasteiger partial charge is 0.0825 e. The second kappa shape index (κ2) is 5.10. The third-order valence-corrected chi connectivity index (χ3v) is 1.68. The number of rotatable bonds is 4.